The summed E-state index contributed by atoms with van der Waals surface area (Å²) < 4.78 is 5.49. The molecule has 0 spiro atoms. The monoisotopic (exact) mass is 502 g/mol. The predicted molar refractivity (Wildman–Crippen MR) is 138 cm³/mol. The van der Waals surface area contributed by atoms with Gasteiger partial charge in [-0.1, -0.05) is 30.3 Å². The van der Waals surface area contributed by atoms with Crippen molar-refractivity contribution in [2.45, 2.75) is 39.2 Å². The number of non-ortho nitro benzene ring substituents is 1. The summed E-state index contributed by atoms with van der Waals surface area (Å²) in [7, 11) is 0. The first-order valence-corrected chi connectivity index (χ1v) is 11.9. The molecule has 1 heterocycles. The van der Waals surface area contributed by atoms with Gasteiger partial charge in [-0.05, 0) is 62.0 Å². The highest BCUT2D eigenvalue weighted by Crippen LogP contribution is 2.36. The lowest BCUT2D eigenvalue weighted by atomic mass is 9.86. The molecule has 4 rings (SSSR count). The Bertz CT molecular complexity index is 1430. The molecule has 37 heavy (non-hydrogen) atoms. The number of hydrogen-bond donors (Lipinski definition) is 2. The molecule has 2 N–H and O–H groups in total. The average Bonchev–Trinajstić information content (AvgIpc) is 2.87. The third-order valence-electron chi connectivity index (χ3n) is 6.02. The van der Waals surface area contributed by atoms with Gasteiger partial charge in [-0.3, -0.25) is 20.2 Å². The fourth-order valence-electron chi connectivity index (χ4n) is 4.33. The summed E-state index contributed by atoms with van der Waals surface area (Å²) in [5.41, 5.74) is 3.73. The molecule has 0 aliphatic heterocycles. The summed E-state index contributed by atoms with van der Waals surface area (Å²) in [6, 6.07) is 12.8. The van der Waals surface area contributed by atoms with Gasteiger partial charge in [0, 0.05) is 24.1 Å². The molecule has 0 bridgehead atoms. The number of pyridine rings is 1. The van der Waals surface area contributed by atoms with Gasteiger partial charge in [-0.15, -0.1) is 0 Å². The number of urea groups is 1. The van der Waals surface area contributed by atoms with Crippen LogP contribution >= 0.6 is 0 Å². The van der Waals surface area contributed by atoms with E-state index in [1.54, 1.807) is 37.3 Å². The number of carbonyl (C=O) groups is 3. The first kappa shape index (κ1) is 25.5. The standard InChI is InChI=1S/C27H26N4O6/c1-3-28-27(34)30-25(32)16(2)37-26(33)23-20-11-4-5-13-22(20)29-24-18(9-7-12-21(23)24)14-17-8-6-10-19(15-17)31(35)36/h4-6,8,10-11,13-16H,3,7,9,12H2,1-2H3,(H2,28,30,32,34)/b18-14+/t16-/m1/s1. The molecule has 10 nitrogen and oxygen atoms in total. The van der Waals surface area contributed by atoms with E-state index >= 15 is 0 Å². The lowest BCUT2D eigenvalue weighted by Crippen LogP contribution is -2.44. The zero-order chi connectivity index (χ0) is 26.5. The molecule has 0 fully saturated rings. The molecule has 190 valence electrons. The normalized spacial score (nSPS) is 14.5. The molecule has 0 radical (unpaired) electrons. The van der Waals surface area contributed by atoms with E-state index in [-0.39, 0.29) is 5.69 Å². The van der Waals surface area contributed by atoms with E-state index < -0.39 is 28.9 Å². The molecule has 10 heteroatoms. The minimum absolute atomic E-state index is 0.0130. The highest BCUT2D eigenvalue weighted by atomic mass is 16.6. The van der Waals surface area contributed by atoms with E-state index in [2.05, 4.69) is 10.6 Å². The van der Waals surface area contributed by atoms with Gasteiger partial charge >= 0.3 is 12.0 Å². The van der Waals surface area contributed by atoms with Crippen LogP contribution in [0.1, 0.15) is 53.9 Å². The topological polar surface area (TPSA) is 141 Å². The predicted octanol–water partition coefficient (Wildman–Crippen LogP) is 4.41. The van der Waals surface area contributed by atoms with Gasteiger partial charge in [0.1, 0.15) is 0 Å². The van der Waals surface area contributed by atoms with Crippen LogP contribution in [0.5, 0.6) is 0 Å². The first-order valence-electron chi connectivity index (χ1n) is 11.9. The Labute approximate surface area is 212 Å². The lowest BCUT2D eigenvalue weighted by Gasteiger charge is -2.23. The van der Waals surface area contributed by atoms with Crippen molar-refractivity contribution in [2.24, 2.45) is 0 Å². The Morgan fingerprint density at radius 2 is 1.95 bits per heavy atom. The van der Waals surface area contributed by atoms with Crippen molar-refractivity contribution < 1.29 is 24.0 Å². The molecule has 2 aromatic carbocycles. The minimum atomic E-state index is -1.21. The van der Waals surface area contributed by atoms with E-state index in [4.69, 9.17) is 9.72 Å². The fraction of sp³-hybridized carbons (Fsp3) is 0.259. The highest BCUT2D eigenvalue weighted by Gasteiger charge is 2.28. The maximum absolute atomic E-state index is 13.4. The van der Waals surface area contributed by atoms with Crippen molar-refractivity contribution in [3.05, 3.63) is 81.0 Å². The number of imide groups is 1. The van der Waals surface area contributed by atoms with Gasteiger partial charge in [0.15, 0.2) is 6.10 Å². The SMILES string of the molecule is CCNC(=O)NC(=O)[C@@H](C)OC(=O)c1c2c(nc3ccccc13)/C(=C/c1cccc([N+](=O)[O-])c1)CCC2. The third kappa shape index (κ3) is 5.64. The number of benzene rings is 2. The third-order valence-corrected chi connectivity index (χ3v) is 6.02. The van der Waals surface area contributed by atoms with Crippen LogP contribution in [-0.2, 0) is 16.0 Å². The lowest BCUT2D eigenvalue weighted by molar-refractivity contribution is -0.384. The number of ether oxygens (including phenoxy) is 1. The Kier molecular flexibility index (Phi) is 7.57. The summed E-state index contributed by atoms with van der Waals surface area (Å²) in [6.07, 6.45) is 2.64. The number of fused-ring (bicyclic) bond motifs is 2. The molecule has 0 saturated heterocycles. The molecule has 1 aliphatic carbocycles. The number of nitrogens with zero attached hydrogens (tertiary/aromatic N) is 2. The van der Waals surface area contributed by atoms with Gasteiger partial charge in [-0.2, -0.15) is 0 Å². The number of carbonyl (C=O) groups excluding carboxylic acids is 3. The van der Waals surface area contributed by atoms with Crippen molar-refractivity contribution in [2.75, 3.05) is 6.54 Å². The Morgan fingerprint density at radius 1 is 1.16 bits per heavy atom. The fourth-order valence-corrected chi connectivity index (χ4v) is 4.33. The number of aromatic nitrogens is 1. The van der Waals surface area contributed by atoms with Crippen LogP contribution in [0.25, 0.3) is 22.6 Å². The summed E-state index contributed by atoms with van der Waals surface area (Å²) in [6.45, 7) is 3.46. The largest absolute Gasteiger partial charge is 0.449 e. The van der Waals surface area contributed by atoms with Crippen molar-refractivity contribution in [3.63, 3.8) is 0 Å². The number of nitro benzene ring substituents is 1. The molecular formula is C27H26N4O6. The molecule has 1 aromatic heterocycles. The molecule has 1 aliphatic rings. The number of esters is 1. The maximum Gasteiger partial charge on any atom is 0.339 e. The molecule has 0 unspecified atom stereocenters. The number of allylic oxidation sites excluding steroid dienone is 1. The highest BCUT2D eigenvalue weighted by molar-refractivity contribution is 6.07. The second-order valence-electron chi connectivity index (χ2n) is 8.60. The van der Waals surface area contributed by atoms with E-state index in [0.29, 0.717) is 52.7 Å². The average molecular weight is 503 g/mol. The Morgan fingerprint density at radius 3 is 2.70 bits per heavy atom. The minimum Gasteiger partial charge on any atom is -0.449 e. The summed E-state index contributed by atoms with van der Waals surface area (Å²) >= 11 is 0. The van der Waals surface area contributed by atoms with E-state index in [9.17, 15) is 24.5 Å². The van der Waals surface area contributed by atoms with Crippen molar-refractivity contribution in [1.29, 1.82) is 0 Å². The van der Waals surface area contributed by atoms with Crippen LogP contribution in [0.4, 0.5) is 10.5 Å². The van der Waals surface area contributed by atoms with E-state index in [1.807, 2.05) is 12.1 Å². The molecule has 0 saturated carbocycles. The maximum atomic E-state index is 13.4. The number of rotatable bonds is 6. The van der Waals surface area contributed by atoms with Gasteiger partial charge in [-0.25, -0.2) is 14.6 Å². The Hall–Kier alpha value is -4.60. The van der Waals surface area contributed by atoms with Gasteiger partial charge in [0.25, 0.3) is 11.6 Å². The number of amides is 3. The van der Waals surface area contributed by atoms with Crippen LogP contribution in [-0.4, -0.2) is 40.5 Å². The number of nitro groups is 1. The summed E-state index contributed by atoms with van der Waals surface area (Å²) in [5.74, 6) is -1.43. The Balaban J connectivity index is 1.73. The van der Waals surface area contributed by atoms with Crippen molar-refractivity contribution in [1.82, 2.24) is 15.6 Å². The summed E-state index contributed by atoms with van der Waals surface area (Å²) in [5, 5.41) is 16.4. The second-order valence-corrected chi connectivity index (χ2v) is 8.60. The molecule has 1 atom stereocenters. The number of nitrogens with one attached hydrogen (secondary N) is 2. The zero-order valence-electron chi connectivity index (χ0n) is 20.4. The van der Waals surface area contributed by atoms with Crippen molar-refractivity contribution in [3.8, 4) is 0 Å². The zero-order valence-corrected chi connectivity index (χ0v) is 20.4. The quantitative estimate of drug-likeness (QED) is 0.289. The van der Waals surface area contributed by atoms with Gasteiger partial charge < -0.3 is 10.1 Å². The summed E-state index contributed by atoms with van der Waals surface area (Å²) in [4.78, 5) is 53.1. The van der Waals surface area contributed by atoms with Crippen LogP contribution in [0.2, 0.25) is 0 Å². The molecular weight excluding hydrogens is 476 g/mol. The van der Waals surface area contributed by atoms with Crippen LogP contribution in [0.15, 0.2) is 48.5 Å². The second kappa shape index (κ2) is 11.0. The van der Waals surface area contributed by atoms with E-state index in [1.165, 1.54) is 19.1 Å². The smallest absolute Gasteiger partial charge is 0.339 e. The van der Waals surface area contributed by atoms with E-state index in [0.717, 1.165) is 12.0 Å². The van der Waals surface area contributed by atoms with Crippen LogP contribution in [0.3, 0.4) is 0 Å². The van der Waals surface area contributed by atoms with Crippen molar-refractivity contribution >= 4 is 46.1 Å². The number of para-hydroxylation sites is 1. The van der Waals surface area contributed by atoms with Gasteiger partial charge in [0.05, 0.1) is 21.7 Å². The first-order chi connectivity index (χ1) is 17.8. The van der Waals surface area contributed by atoms with Gasteiger partial charge in [0.2, 0.25) is 0 Å². The number of hydrogen-bond acceptors (Lipinski definition) is 7. The molecule has 3 amide bonds. The van der Waals surface area contributed by atoms with Crippen LogP contribution < -0.4 is 10.6 Å². The van der Waals surface area contributed by atoms with Crippen LogP contribution in [0, 0.1) is 10.1 Å². The molecule has 3 aromatic rings.